The summed E-state index contributed by atoms with van der Waals surface area (Å²) in [6.45, 7) is 0. The van der Waals surface area contributed by atoms with Crippen LogP contribution in [0.15, 0.2) is 103 Å². The Morgan fingerprint density at radius 1 is 0.667 bits per heavy atom. The average molecular weight is 378 g/mol. The van der Waals surface area contributed by atoms with Gasteiger partial charge in [-0.3, -0.25) is 0 Å². The number of aliphatic carboxylic acids is 2. The van der Waals surface area contributed by atoms with E-state index in [9.17, 15) is 14.7 Å². The van der Waals surface area contributed by atoms with Gasteiger partial charge >= 0.3 is 5.97 Å². The normalized spacial score (nSPS) is 10.3. The van der Waals surface area contributed by atoms with Crippen LogP contribution in [0.25, 0.3) is 0 Å². The second kappa shape index (κ2) is 10.7. The van der Waals surface area contributed by atoms with Crippen molar-refractivity contribution in [3.63, 3.8) is 0 Å². The van der Waals surface area contributed by atoms with Crippen LogP contribution in [-0.4, -0.2) is 17.0 Å². The van der Waals surface area contributed by atoms with Gasteiger partial charge < -0.3 is 15.0 Å². The van der Waals surface area contributed by atoms with Gasteiger partial charge in [-0.05, 0) is 42.5 Å². The highest BCUT2D eigenvalue weighted by Gasteiger charge is 2.24. The first-order valence-corrected chi connectivity index (χ1v) is 9.73. The van der Waals surface area contributed by atoms with Crippen molar-refractivity contribution >= 4 is 35.8 Å². The summed E-state index contributed by atoms with van der Waals surface area (Å²) in [6, 6.07) is 32.5. The Kier molecular flexibility index (Phi) is 7.95. The standard InChI is InChI=1S/C18H15P.C4H4O4/c1-4-10-16(11-5-1)19(17-12-6-2-7-13-17)18-14-8-3-9-15-18;5-3(6)1-2-4(7)8/h1-15H;1-2H,(H,5,6)(H,7,8)/b;2-1-. The number of carboxylic acid groups (broad SMARTS) is 2. The van der Waals surface area contributed by atoms with Gasteiger partial charge in [0, 0.05) is 6.08 Å². The number of hydrogen-bond donors (Lipinski definition) is 1. The Balaban J connectivity index is 0.000000279. The third kappa shape index (κ3) is 6.89. The van der Waals surface area contributed by atoms with E-state index in [4.69, 9.17) is 5.11 Å². The SMILES string of the molecule is O=C([O-])/C=C\C(=O)O.c1ccc([PH+](c2ccccc2)c2ccccc2)cc1. The summed E-state index contributed by atoms with van der Waals surface area (Å²) >= 11 is 0. The zero-order valence-electron chi connectivity index (χ0n) is 14.5. The summed E-state index contributed by atoms with van der Waals surface area (Å²) in [5, 5.41) is 21.5. The first-order valence-electron chi connectivity index (χ1n) is 8.23. The maximum Gasteiger partial charge on any atom is 0.328 e. The van der Waals surface area contributed by atoms with Crippen molar-refractivity contribution in [3.05, 3.63) is 103 Å². The van der Waals surface area contributed by atoms with Crippen molar-refractivity contribution < 1.29 is 19.8 Å². The molecule has 3 rings (SSSR count). The second-order valence-corrected chi connectivity index (χ2v) is 7.95. The summed E-state index contributed by atoms with van der Waals surface area (Å²) in [4.78, 5) is 19.0. The summed E-state index contributed by atoms with van der Waals surface area (Å²) in [7, 11) is -0.877. The largest absolute Gasteiger partial charge is 0.545 e. The van der Waals surface area contributed by atoms with Crippen LogP contribution in [0.2, 0.25) is 0 Å². The Morgan fingerprint density at radius 2 is 1.00 bits per heavy atom. The van der Waals surface area contributed by atoms with Crippen LogP contribution in [0.1, 0.15) is 0 Å². The molecule has 0 radical (unpaired) electrons. The van der Waals surface area contributed by atoms with E-state index in [1.165, 1.54) is 15.9 Å². The lowest BCUT2D eigenvalue weighted by Gasteiger charge is -2.10. The topological polar surface area (TPSA) is 77.4 Å². The van der Waals surface area contributed by atoms with E-state index in [1.54, 1.807) is 0 Å². The predicted octanol–water partition coefficient (Wildman–Crippen LogP) is 1.55. The minimum atomic E-state index is -1.51. The molecule has 1 N–H and O–H groups in total. The van der Waals surface area contributed by atoms with E-state index in [0.717, 1.165) is 0 Å². The van der Waals surface area contributed by atoms with Gasteiger partial charge in [0.2, 0.25) is 0 Å². The number of carboxylic acids is 2. The monoisotopic (exact) mass is 378 g/mol. The number of carbonyl (C=O) groups excluding carboxylic acids is 1. The van der Waals surface area contributed by atoms with Crippen LogP contribution < -0.4 is 21.0 Å². The second-order valence-electron chi connectivity index (χ2n) is 5.46. The Labute approximate surface area is 159 Å². The first kappa shape index (κ1) is 20.1. The molecule has 3 aromatic carbocycles. The molecular formula is C22H19O4P. The third-order valence-electron chi connectivity index (χ3n) is 3.55. The lowest BCUT2D eigenvalue weighted by atomic mass is 10.4. The Morgan fingerprint density at radius 3 is 1.22 bits per heavy atom. The van der Waals surface area contributed by atoms with Crippen LogP contribution in [-0.2, 0) is 9.59 Å². The van der Waals surface area contributed by atoms with Crippen LogP contribution >= 0.6 is 7.92 Å². The number of rotatable bonds is 5. The lowest BCUT2D eigenvalue weighted by molar-refractivity contribution is -0.297. The summed E-state index contributed by atoms with van der Waals surface area (Å²) in [6.07, 6.45) is 0.942. The van der Waals surface area contributed by atoms with Gasteiger partial charge in [0.1, 0.15) is 15.9 Å². The van der Waals surface area contributed by atoms with Gasteiger partial charge in [-0.2, -0.15) is 0 Å². The van der Waals surface area contributed by atoms with Crippen LogP contribution in [0.4, 0.5) is 0 Å². The molecule has 0 spiro atoms. The van der Waals surface area contributed by atoms with Gasteiger partial charge in [-0.1, -0.05) is 54.6 Å². The molecule has 0 fully saturated rings. The van der Waals surface area contributed by atoms with Gasteiger partial charge in [-0.15, -0.1) is 0 Å². The minimum Gasteiger partial charge on any atom is -0.545 e. The van der Waals surface area contributed by atoms with Crippen LogP contribution in [0, 0.1) is 0 Å². The molecule has 0 amide bonds. The van der Waals surface area contributed by atoms with E-state index >= 15 is 0 Å². The molecule has 5 heteroatoms. The van der Waals surface area contributed by atoms with E-state index in [0.29, 0.717) is 12.2 Å². The van der Waals surface area contributed by atoms with E-state index < -0.39 is 19.9 Å². The van der Waals surface area contributed by atoms with E-state index in [1.807, 2.05) is 0 Å². The Hall–Kier alpha value is -3.23. The predicted molar refractivity (Wildman–Crippen MR) is 108 cm³/mol. The molecular weight excluding hydrogens is 359 g/mol. The smallest absolute Gasteiger partial charge is 0.328 e. The molecule has 0 aliphatic carbocycles. The maximum atomic E-state index is 9.53. The van der Waals surface area contributed by atoms with Crippen molar-refractivity contribution in [1.82, 2.24) is 0 Å². The molecule has 0 unspecified atom stereocenters. The fourth-order valence-electron chi connectivity index (χ4n) is 2.45. The molecule has 0 aromatic heterocycles. The molecule has 136 valence electrons. The fraction of sp³-hybridized carbons (Fsp3) is 0. The number of benzene rings is 3. The molecule has 0 bridgehead atoms. The highest BCUT2D eigenvalue weighted by Crippen LogP contribution is 2.32. The number of hydrogen-bond acceptors (Lipinski definition) is 3. The third-order valence-corrected chi connectivity index (χ3v) is 6.28. The first-order chi connectivity index (χ1) is 13.1. The number of carbonyl (C=O) groups is 2. The fourth-order valence-corrected chi connectivity index (χ4v) is 5.03. The zero-order valence-corrected chi connectivity index (χ0v) is 15.5. The highest BCUT2D eigenvalue weighted by molar-refractivity contribution is 7.79. The molecule has 0 atom stereocenters. The van der Waals surface area contributed by atoms with Crippen molar-refractivity contribution in [2.45, 2.75) is 0 Å². The van der Waals surface area contributed by atoms with Crippen molar-refractivity contribution in [2.24, 2.45) is 0 Å². The molecule has 3 aromatic rings. The highest BCUT2D eigenvalue weighted by atomic mass is 31.1. The van der Waals surface area contributed by atoms with Gasteiger partial charge in [0.05, 0.1) is 13.9 Å². The molecule has 0 saturated carbocycles. The Bertz CT molecular complexity index is 768. The molecule has 27 heavy (non-hydrogen) atoms. The molecule has 0 aliphatic heterocycles. The molecule has 4 nitrogen and oxygen atoms in total. The van der Waals surface area contributed by atoms with Crippen LogP contribution in [0.5, 0.6) is 0 Å². The van der Waals surface area contributed by atoms with Gasteiger partial charge in [-0.25, -0.2) is 4.79 Å². The molecule has 0 aliphatic rings. The quantitative estimate of drug-likeness (QED) is 0.540. The van der Waals surface area contributed by atoms with E-state index in [2.05, 4.69) is 91.0 Å². The summed E-state index contributed by atoms with van der Waals surface area (Å²) in [5.74, 6) is -2.80. The van der Waals surface area contributed by atoms with Gasteiger partial charge in [0.15, 0.2) is 0 Å². The van der Waals surface area contributed by atoms with Crippen molar-refractivity contribution in [1.29, 1.82) is 0 Å². The van der Waals surface area contributed by atoms with Crippen LogP contribution in [0.3, 0.4) is 0 Å². The van der Waals surface area contributed by atoms with E-state index in [-0.39, 0.29) is 0 Å². The zero-order chi connectivity index (χ0) is 19.5. The summed E-state index contributed by atoms with van der Waals surface area (Å²) < 4.78 is 0. The maximum absolute atomic E-state index is 9.53. The molecule has 0 heterocycles. The lowest BCUT2D eigenvalue weighted by Crippen LogP contribution is -2.20. The minimum absolute atomic E-state index is 0.447. The van der Waals surface area contributed by atoms with Crippen molar-refractivity contribution in [3.8, 4) is 0 Å². The summed E-state index contributed by atoms with van der Waals surface area (Å²) in [5.41, 5.74) is 0. The van der Waals surface area contributed by atoms with Gasteiger partial charge in [0.25, 0.3) is 0 Å². The average Bonchev–Trinajstić information content (AvgIpc) is 2.70. The molecule has 0 saturated heterocycles. The van der Waals surface area contributed by atoms with Crippen molar-refractivity contribution in [2.75, 3.05) is 0 Å².